The zero-order chi connectivity index (χ0) is 25.5. The van der Waals surface area contributed by atoms with Crippen molar-refractivity contribution < 1.29 is 14.3 Å². The second kappa shape index (κ2) is 9.83. The second-order valence-corrected chi connectivity index (χ2v) is 10.6. The fourth-order valence-corrected chi connectivity index (χ4v) is 6.06. The molecule has 1 aromatic heterocycles. The summed E-state index contributed by atoms with van der Waals surface area (Å²) in [5, 5.41) is 3.29. The third-order valence-corrected chi connectivity index (χ3v) is 7.86. The maximum absolute atomic E-state index is 13.9. The van der Waals surface area contributed by atoms with Gasteiger partial charge in [-0.05, 0) is 58.1 Å². The molecule has 6 bridgehead atoms. The number of fused-ring (bicyclic) bond motifs is 5. The molecular formula is C27H35N7O3. The number of nitrogens with one attached hydrogen (secondary N) is 1. The first-order valence-corrected chi connectivity index (χ1v) is 13.1. The van der Waals surface area contributed by atoms with Crippen LogP contribution in [-0.2, 0) is 6.54 Å². The average Bonchev–Trinajstić information content (AvgIpc) is 3.42. The molecule has 10 nitrogen and oxygen atoms in total. The standard InChI is InChI=1S/C27H35N7O3/c1-31(2)11-13-37-22-9-7-20-14-23(22)36-12-5-4-10-33-25-19(15-28-26(29-20)30-25)17-34(27(33)35)24-18-6-8-21(24)32(3)16-18/h4-5,7,9,14-15,18,21,24H,6,8,10-13,16-17H2,1-3H3,(H,28,29,30)/b5-4-. The Morgan fingerprint density at radius 3 is 2.92 bits per heavy atom. The number of likely N-dealkylation sites (N-methyl/N-ethyl adjacent to an activating group) is 2. The number of aromatic nitrogens is 2. The number of rotatable bonds is 5. The number of benzene rings is 1. The molecule has 1 N–H and O–H groups in total. The Balaban J connectivity index is 1.28. The lowest BCUT2D eigenvalue weighted by molar-refractivity contribution is 0.154. The smallest absolute Gasteiger partial charge is 0.326 e. The van der Waals surface area contributed by atoms with Crippen LogP contribution in [0, 0.1) is 5.92 Å². The van der Waals surface area contributed by atoms with Crippen molar-refractivity contribution in [1.82, 2.24) is 24.7 Å². The lowest BCUT2D eigenvalue weighted by atomic mass is 10.0. The molecule has 10 heteroatoms. The minimum absolute atomic E-state index is 0.0203. The zero-order valence-electron chi connectivity index (χ0n) is 21.8. The molecule has 1 aliphatic carbocycles. The second-order valence-electron chi connectivity index (χ2n) is 10.6. The molecule has 6 rings (SSSR count). The number of hydrogen-bond acceptors (Lipinski definition) is 8. The summed E-state index contributed by atoms with van der Waals surface area (Å²) in [5.41, 5.74) is 1.77. The number of likely N-dealkylation sites (tertiary alicyclic amines) is 1. The lowest BCUT2D eigenvalue weighted by Gasteiger charge is -2.40. The summed E-state index contributed by atoms with van der Waals surface area (Å²) in [4.78, 5) is 31.6. The molecule has 2 amide bonds. The van der Waals surface area contributed by atoms with Crippen LogP contribution in [0.5, 0.6) is 11.5 Å². The number of carbonyl (C=O) groups is 1. The van der Waals surface area contributed by atoms with Crippen LogP contribution in [0.3, 0.4) is 0 Å². The highest BCUT2D eigenvalue weighted by molar-refractivity contribution is 5.94. The zero-order valence-corrected chi connectivity index (χ0v) is 21.8. The molecule has 196 valence electrons. The van der Waals surface area contributed by atoms with Crippen molar-refractivity contribution in [3.05, 3.63) is 42.1 Å². The van der Waals surface area contributed by atoms with Crippen molar-refractivity contribution in [3.8, 4) is 11.5 Å². The Kier molecular flexibility index (Phi) is 6.37. The Bertz CT molecular complexity index is 1200. The van der Waals surface area contributed by atoms with E-state index in [9.17, 15) is 4.79 Å². The van der Waals surface area contributed by atoms with E-state index in [0.29, 0.717) is 61.5 Å². The van der Waals surface area contributed by atoms with Gasteiger partial charge in [0.05, 0.1) is 12.6 Å². The molecule has 1 saturated heterocycles. The highest BCUT2D eigenvalue weighted by Crippen LogP contribution is 2.43. The van der Waals surface area contributed by atoms with Crippen LogP contribution in [-0.4, -0.2) is 96.8 Å². The maximum atomic E-state index is 13.9. The van der Waals surface area contributed by atoms with Gasteiger partial charge >= 0.3 is 6.03 Å². The molecule has 3 atom stereocenters. The first kappa shape index (κ1) is 24.0. The SMILES string of the molecule is CN(C)CCOc1ccc2cc1OC/C=C\CN1C(=O)N(C3C4CCC3N(C)C4)Cc3cnc(nc31)N2. The lowest BCUT2D eigenvalue weighted by Crippen LogP contribution is -2.54. The van der Waals surface area contributed by atoms with Crippen LogP contribution >= 0.6 is 0 Å². The minimum atomic E-state index is 0.0203. The highest BCUT2D eigenvalue weighted by Gasteiger charge is 2.51. The molecule has 1 aromatic carbocycles. The van der Waals surface area contributed by atoms with Crippen molar-refractivity contribution in [1.29, 1.82) is 0 Å². The fourth-order valence-electron chi connectivity index (χ4n) is 6.06. The highest BCUT2D eigenvalue weighted by atomic mass is 16.5. The molecule has 4 aliphatic rings. The number of nitrogens with zero attached hydrogens (tertiary/aromatic N) is 6. The van der Waals surface area contributed by atoms with Gasteiger partial charge in [-0.2, -0.15) is 4.98 Å². The van der Waals surface area contributed by atoms with Crippen LogP contribution in [0.2, 0.25) is 0 Å². The first-order valence-electron chi connectivity index (χ1n) is 13.1. The predicted molar refractivity (Wildman–Crippen MR) is 142 cm³/mol. The number of piperidine rings is 1. The van der Waals surface area contributed by atoms with Gasteiger partial charge in [-0.1, -0.05) is 6.08 Å². The number of ether oxygens (including phenoxy) is 2. The summed E-state index contributed by atoms with van der Waals surface area (Å²) in [5.74, 6) is 2.98. The molecule has 1 saturated carbocycles. The van der Waals surface area contributed by atoms with Gasteiger partial charge in [0.2, 0.25) is 5.95 Å². The monoisotopic (exact) mass is 505 g/mol. The van der Waals surface area contributed by atoms with Crippen LogP contribution in [0.15, 0.2) is 36.5 Å². The van der Waals surface area contributed by atoms with Gasteiger partial charge in [-0.15, -0.1) is 0 Å². The van der Waals surface area contributed by atoms with Gasteiger partial charge in [0.1, 0.15) is 19.0 Å². The van der Waals surface area contributed by atoms with Crippen molar-refractivity contribution >= 4 is 23.5 Å². The van der Waals surface area contributed by atoms with Gasteiger partial charge in [-0.25, -0.2) is 9.78 Å². The quantitative estimate of drug-likeness (QED) is 0.621. The van der Waals surface area contributed by atoms with Crippen molar-refractivity contribution in [2.24, 2.45) is 5.92 Å². The molecule has 37 heavy (non-hydrogen) atoms. The van der Waals surface area contributed by atoms with Crippen LogP contribution in [0.25, 0.3) is 0 Å². The van der Waals surface area contributed by atoms with E-state index < -0.39 is 0 Å². The number of urea groups is 1. The van der Waals surface area contributed by atoms with Gasteiger partial charge in [0.15, 0.2) is 11.5 Å². The molecular weight excluding hydrogens is 470 g/mol. The summed E-state index contributed by atoms with van der Waals surface area (Å²) in [6.07, 6.45) is 8.12. The van der Waals surface area contributed by atoms with E-state index in [4.69, 9.17) is 14.5 Å². The summed E-state index contributed by atoms with van der Waals surface area (Å²) in [6, 6.07) is 6.41. The molecule has 3 aliphatic heterocycles. The number of carbonyl (C=O) groups excluding carboxylic acids is 1. The first-order chi connectivity index (χ1) is 18.0. The Labute approximate surface area is 217 Å². The molecule has 3 unspecified atom stereocenters. The van der Waals surface area contributed by atoms with Crippen molar-refractivity contribution in [3.63, 3.8) is 0 Å². The van der Waals surface area contributed by atoms with E-state index in [1.165, 1.54) is 6.42 Å². The summed E-state index contributed by atoms with van der Waals surface area (Å²) in [7, 11) is 6.20. The van der Waals surface area contributed by atoms with Crippen LogP contribution < -0.4 is 19.7 Å². The molecule has 0 spiro atoms. The van der Waals surface area contributed by atoms with Crippen molar-refractivity contribution in [2.75, 3.05) is 64.2 Å². The summed E-state index contributed by atoms with van der Waals surface area (Å²) in [6.45, 7) is 3.76. The van der Waals surface area contributed by atoms with E-state index in [1.54, 1.807) is 4.90 Å². The van der Waals surface area contributed by atoms with E-state index in [0.717, 1.165) is 30.8 Å². The maximum Gasteiger partial charge on any atom is 0.326 e. The Hall–Kier alpha value is -3.37. The van der Waals surface area contributed by atoms with Crippen LogP contribution in [0.4, 0.5) is 22.2 Å². The number of amides is 2. The van der Waals surface area contributed by atoms with Crippen molar-refractivity contribution in [2.45, 2.75) is 31.5 Å². The van der Waals surface area contributed by atoms with E-state index in [-0.39, 0.29) is 12.1 Å². The predicted octanol–water partition coefficient (Wildman–Crippen LogP) is 2.94. The number of anilines is 3. The normalized spacial score (nSPS) is 25.7. The minimum Gasteiger partial charge on any atom is -0.488 e. The van der Waals surface area contributed by atoms with Gasteiger partial charge in [-0.3, -0.25) is 4.90 Å². The average molecular weight is 506 g/mol. The number of hydrogen-bond donors (Lipinski definition) is 1. The molecule has 0 radical (unpaired) electrons. The topological polar surface area (TPSA) is 86.3 Å². The molecule has 4 heterocycles. The fraction of sp³-hybridized carbons (Fsp3) is 0.519. The summed E-state index contributed by atoms with van der Waals surface area (Å²) < 4.78 is 12.0. The third kappa shape index (κ3) is 4.59. The molecule has 2 fully saturated rings. The van der Waals surface area contributed by atoms with Gasteiger partial charge in [0, 0.05) is 49.2 Å². The summed E-state index contributed by atoms with van der Waals surface area (Å²) >= 11 is 0. The Morgan fingerprint density at radius 2 is 2.14 bits per heavy atom. The van der Waals surface area contributed by atoms with Crippen LogP contribution in [0.1, 0.15) is 18.4 Å². The third-order valence-electron chi connectivity index (χ3n) is 7.86. The van der Waals surface area contributed by atoms with E-state index >= 15 is 0 Å². The molecule has 2 aromatic rings. The Morgan fingerprint density at radius 1 is 1.24 bits per heavy atom. The largest absolute Gasteiger partial charge is 0.488 e. The van der Waals surface area contributed by atoms with Gasteiger partial charge in [0.25, 0.3) is 0 Å². The van der Waals surface area contributed by atoms with Gasteiger partial charge < -0.3 is 29.5 Å². The van der Waals surface area contributed by atoms with E-state index in [2.05, 4.69) is 32.0 Å². The van der Waals surface area contributed by atoms with E-state index in [1.807, 2.05) is 50.6 Å².